The van der Waals surface area contributed by atoms with Crippen molar-refractivity contribution in [3.63, 3.8) is 0 Å². The second kappa shape index (κ2) is 7.93. The third-order valence-electron chi connectivity index (χ3n) is 3.57. The third-order valence-corrected chi connectivity index (χ3v) is 3.57. The zero-order valence-electron chi connectivity index (χ0n) is 13.5. The number of ether oxygens (including phenoxy) is 1. The number of hydrogen-bond donors (Lipinski definition) is 0. The first-order valence-electron chi connectivity index (χ1n) is 7.83. The molecular formula is C21H16NO3-. The van der Waals surface area contributed by atoms with Crippen LogP contribution in [-0.2, 0) is 6.61 Å². The van der Waals surface area contributed by atoms with Gasteiger partial charge in [-0.1, -0.05) is 42.5 Å². The van der Waals surface area contributed by atoms with Crippen LogP contribution in [0.15, 0.2) is 83.9 Å². The van der Waals surface area contributed by atoms with Gasteiger partial charge in [0.2, 0.25) is 0 Å². The Morgan fingerprint density at radius 1 is 0.960 bits per heavy atom. The van der Waals surface area contributed by atoms with Crippen LogP contribution in [0.25, 0.3) is 0 Å². The quantitative estimate of drug-likeness (QED) is 0.651. The van der Waals surface area contributed by atoms with E-state index in [4.69, 9.17) is 4.74 Å². The van der Waals surface area contributed by atoms with E-state index in [9.17, 15) is 9.90 Å². The van der Waals surface area contributed by atoms with Crippen LogP contribution < -0.4 is 9.84 Å². The molecule has 0 atom stereocenters. The highest BCUT2D eigenvalue weighted by Crippen LogP contribution is 2.16. The Hall–Kier alpha value is -3.40. The molecule has 0 heterocycles. The largest absolute Gasteiger partial charge is 0.545 e. The van der Waals surface area contributed by atoms with E-state index in [0.29, 0.717) is 12.3 Å². The molecule has 3 aromatic carbocycles. The lowest BCUT2D eigenvalue weighted by atomic mass is 10.2. The molecule has 4 nitrogen and oxygen atoms in total. The van der Waals surface area contributed by atoms with Gasteiger partial charge in [0.05, 0.1) is 11.7 Å². The van der Waals surface area contributed by atoms with E-state index in [1.165, 1.54) is 12.1 Å². The van der Waals surface area contributed by atoms with E-state index in [1.807, 2.05) is 54.6 Å². The van der Waals surface area contributed by atoms with Crippen LogP contribution in [0, 0.1) is 0 Å². The fraction of sp³-hybridized carbons (Fsp3) is 0.0476. The Kier molecular flexibility index (Phi) is 5.22. The number of hydrogen-bond acceptors (Lipinski definition) is 4. The molecule has 3 rings (SSSR count). The molecule has 0 saturated carbocycles. The lowest BCUT2D eigenvalue weighted by Crippen LogP contribution is -2.21. The molecule has 3 aromatic rings. The highest BCUT2D eigenvalue weighted by atomic mass is 16.5. The van der Waals surface area contributed by atoms with Crippen molar-refractivity contribution in [3.05, 3.63) is 95.6 Å². The van der Waals surface area contributed by atoms with Crippen molar-refractivity contribution in [1.29, 1.82) is 0 Å². The minimum Gasteiger partial charge on any atom is -0.545 e. The van der Waals surface area contributed by atoms with Gasteiger partial charge in [-0.05, 0) is 53.1 Å². The van der Waals surface area contributed by atoms with Gasteiger partial charge in [0, 0.05) is 6.21 Å². The Labute approximate surface area is 146 Å². The summed E-state index contributed by atoms with van der Waals surface area (Å²) in [5.74, 6) is -0.433. The smallest absolute Gasteiger partial charge is 0.119 e. The molecule has 0 N–H and O–H groups in total. The molecule has 0 aliphatic heterocycles. The maximum Gasteiger partial charge on any atom is 0.119 e. The average Bonchev–Trinajstić information content (AvgIpc) is 2.66. The van der Waals surface area contributed by atoms with Crippen LogP contribution in [-0.4, -0.2) is 12.2 Å². The van der Waals surface area contributed by atoms with Gasteiger partial charge in [-0.15, -0.1) is 0 Å². The van der Waals surface area contributed by atoms with Gasteiger partial charge in [0.1, 0.15) is 12.4 Å². The summed E-state index contributed by atoms with van der Waals surface area (Å²) in [4.78, 5) is 15.1. The number of carboxylic acid groups (broad SMARTS) is 1. The molecule has 0 fully saturated rings. The lowest BCUT2D eigenvalue weighted by molar-refractivity contribution is -0.255. The van der Waals surface area contributed by atoms with Crippen molar-refractivity contribution in [3.8, 4) is 5.75 Å². The summed E-state index contributed by atoms with van der Waals surface area (Å²) in [6, 6.07) is 23.8. The van der Waals surface area contributed by atoms with Crippen molar-refractivity contribution in [2.45, 2.75) is 6.61 Å². The zero-order valence-corrected chi connectivity index (χ0v) is 13.5. The fourth-order valence-electron chi connectivity index (χ4n) is 2.25. The summed E-state index contributed by atoms with van der Waals surface area (Å²) in [7, 11) is 0. The second-order valence-corrected chi connectivity index (χ2v) is 5.44. The van der Waals surface area contributed by atoms with E-state index in [1.54, 1.807) is 18.3 Å². The number of benzene rings is 3. The molecule has 0 aliphatic rings. The highest BCUT2D eigenvalue weighted by molar-refractivity contribution is 5.88. The highest BCUT2D eigenvalue weighted by Gasteiger charge is 1.97. The van der Waals surface area contributed by atoms with Crippen molar-refractivity contribution in [2.75, 3.05) is 0 Å². The first-order valence-corrected chi connectivity index (χ1v) is 7.83. The topological polar surface area (TPSA) is 61.7 Å². The predicted molar refractivity (Wildman–Crippen MR) is 95.2 cm³/mol. The minimum absolute atomic E-state index is 0.110. The van der Waals surface area contributed by atoms with Gasteiger partial charge in [-0.3, -0.25) is 4.99 Å². The molecule has 0 spiro atoms. The molecule has 0 unspecified atom stereocenters. The zero-order chi connectivity index (χ0) is 17.5. The van der Waals surface area contributed by atoms with E-state index < -0.39 is 5.97 Å². The van der Waals surface area contributed by atoms with Gasteiger partial charge in [-0.2, -0.15) is 0 Å². The molecule has 25 heavy (non-hydrogen) atoms. The summed E-state index contributed by atoms with van der Waals surface area (Å²) in [6.07, 6.45) is 1.68. The van der Waals surface area contributed by atoms with Crippen LogP contribution in [0.4, 0.5) is 5.69 Å². The SMILES string of the molecule is O=C([O-])c1cccc(N=Cc2ccc(OCc3ccccc3)cc2)c1. The van der Waals surface area contributed by atoms with Crippen LogP contribution in [0.2, 0.25) is 0 Å². The van der Waals surface area contributed by atoms with Crippen LogP contribution in [0.5, 0.6) is 5.75 Å². The molecule has 124 valence electrons. The van der Waals surface area contributed by atoms with E-state index in [2.05, 4.69) is 4.99 Å². The summed E-state index contributed by atoms with van der Waals surface area (Å²) in [5.41, 5.74) is 2.68. The van der Waals surface area contributed by atoms with Crippen molar-refractivity contribution in [2.24, 2.45) is 4.99 Å². The summed E-state index contributed by atoms with van der Waals surface area (Å²) in [5, 5.41) is 10.9. The third kappa shape index (κ3) is 4.78. The maximum atomic E-state index is 10.9. The lowest BCUT2D eigenvalue weighted by Gasteiger charge is -2.06. The van der Waals surface area contributed by atoms with E-state index in [0.717, 1.165) is 16.9 Å². The first kappa shape index (κ1) is 16.5. The number of carbonyl (C=O) groups is 1. The Bertz CT molecular complexity index is 871. The van der Waals surface area contributed by atoms with Gasteiger partial charge >= 0.3 is 0 Å². The molecule has 0 radical (unpaired) electrons. The number of carboxylic acids is 1. The average molecular weight is 330 g/mol. The summed E-state index contributed by atoms with van der Waals surface area (Å²) < 4.78 is 5.74. The fourth-order valence-corrected chi connectivity index (χ4v) is 2.25. The molecule has 0 aliphatic carbocycles. The van der Waals surface area contributed by atoms with Gasteiger partial charge in [-0.25, -0.2) is 0 Å². The number of nitrogens with zero attached hydrogens (tertiary/aromatic N) is 1. The molecule has 0 bridgehead atoms. The van der Waals surface area contributed by atoms with Crippen molar-refractivity contribution >= 4 is 17.9 Å². The summed E-state index contributed by atoms with van der Waals surface area (Å²) in [6.45, 7) is 0.518. The van der Waals surface area contributed by atoms with Crippen molar-refractivity contribution in [1.82, 2.24) is 0 Å². The number of carbonyl (C=O) groups excluding carboxylic acids is 1. The van der Waals surface area contributed by atoms with Gasteiger partial charge in [0.25, 0.3) is 0 Å². The number of aliphatic imine (C=N–C) groups is 1. The number of aromatic carboxylic acids is 1. The summed E-state index contributed by atoms with van der Waals surface area (Å²) >= 11 is 0. The molecule has 4 heteroatoms. The maximum absolute atomic E-state index is 10.9. The second-order valence-electron chi connectivity index (χ2n) is 5.44. The Balaban J connectivity index is 1.62. The Morgan fingerprint density at radius 2 is 1.72 bits per heavy atom. The first-order chi connectivity index (χ1) is 12.2. The molecule has 0 saturated heterocycles. The normalized spacial score (nSPS) is 10.7. The monoisotopic (exact) mass is 330 g/mol. The standard InChI is InChI=1S/C21H17NO3/c23-21(24)18-7-4-8-19(13-18)22-14-16-9-11-20(12-10-16)25-15-17-5-2-1-3-6-17/h1-14H,15H2,(H,23,24)/p-1. The van der Waals surface area contributed by atoms with Crippen molar-refractivity contribution < 1.29 is 14.6 Å². The Morgan fingerprint density at radius 3 is 2.44 bits per heavy atom. The number of rotatable bonds is 6. The molecule has 0 aromatic heterocycles. The van der Waals surface area contributed by atoms with Gasteiger partial charge in [0.15, 0.2) is 0 Å². The minimum atomic E-state index is -1.21. The van der Waals surface area contributed by atoms with Gasteiger partial charge < -0.3 is 14.6 Å². The molecular weight excluding hydrogens is 314 g/mol. The van der Waals surface area contributed by atoms with E-state index in [-0.39, 0.29) is 5.56 Å². The van der Waals surface area contributed by atoms with E-state index >= 15 is 0 Å². The van der Waals surface area contributed by atoms with Crippen LogP contribution in [0.1, 0.15) is 21.5 Å². The van der Waals surface area contributed by atoms with Crippen LogP contribution >= 0.6 is 0 Å². The predicted octanol–water partition coefficient (Wildman–Crippen LogP) is 3.38. The van der Waals surface area contributed by atoms with Crippen LogP contribution in [0.3, 0.4) is 0 Å². The molecule has 0 amide bonds.